The molecule has 1 aliphatic rings. The van der Waals surface area contributed by atoms with Crippen molar-refractivity contribution in [1.82, 2.24) is 9.97 Å². The molecule has 0 bridgehead atoms. The quantitative estimate of drug-likeness (QED) is 0.581. The smallest absolute Gasteiger partial charge is 0.144 e. The molecule has 3 N–H and O–H groups in total. The lowest BCUT2D eigenvalue weighted by Gasteiger charge is -2.15. The highest BCUT2D eigenvalue weighted by Crippen LogP contribution is 2.33. The Morgan fingerprint density at radius 1 is 1.19 bits per heavy atom. The van der Waals surface area contributed by atoms with E-state index in [4.69, 9.17) is 22.1 Å². The number of nitrogen functional groups attached to an aromatic ring is 1. The van der Waals surface area contributed by atoms with Crippen molar-refractivity contribution >= 4 is 39.7 Å². The lowest BCUT2D eigenvalue weighted by atomic mass is 10.1. The first-order valence-corrected chi connectivity index (χ1v) is 9.37. The topological polar surface area (TPSA) is 73.1 Å². The van der Waals surface area contributed by atoms with Crippen molar-refractivity contribution in [3.63, 3.8) is 0 Å². The average molecular weight is 387 g/mol. The molecule has 0 amide bonds. The molecule has 0 unspecified atom stereocenters. The van der Waals surface area contributed by atoms with E-state index in [1.807, 2.05) is 6.07 Å². The van der Waals surface area contributed by atoms with Gasteiger partial charge in [-0.3, -0.25) is 0 Å². The van der Waals surface area contributed by atoms with Crippen LogP contribution in [-0.4, -0.2) is 16.6 Å². The number of nitrogens with one attached hydrogen (secondary N) is 1. The van der Waals surface area contributed by atoms with Gasteiger partial charge in [-0.25, -0.2) is 14.4 Å². The molecule has 0 spiro atoms. The van der Waals surface area contributed by atoms with E-state index < -0.39 is 5.82 Å². The SMILES string of the molecule is Nc1cc2c(Nc3ccc(F)c(Cl)c3)ncnc2cc1OCC1CCCC1. The van der Waals surface area contributed by atoms with Crippen LogP contribution in [0.3, 0.4) is 0 Å². The molecule has 1 heterocycles. The summed E-state index contributed by atoms with van der Waals surface area (Å²) in [5.74, 6) is 1.34. The van der Waals surface area contributed by atoms with Crippen LogP contribution in [-0.2, 0) is 0 Å². The van der Waals surface area contributed by atoms with Crippen molar-refractivity contribution in [2.45, 2.75) is 25.7 Å². The third kappa shape index (κ3) is 3.90. The summed E-state index contributed by atoms with van der Waals surface area (Å²) in [7, 11) is 0. The Morgan fingerprint density at radius 2 is 2.00 bits per heavy atom. The van der Waals surface area contributed by atoms with E-state index in [9.17, 15) is 4.39 Å². The zero-order valence-electron chi connectivity index (χ0n) is 14.7. The van der Waals surface area contributed by atoms with Crippen molar-refractivity contribution in [2.75, 3.05) is 17.7 Å². The van der Waals surface area contributed by atoms with Gasteiger partial charge in [0, 0.05) is 17.1 Å². The van der Waals surface area contributed by atoms with Crippen LogP contribution < -0.4 is 15.8 Å². The Kier molecular flexibility index (Phi) is 4.99. The summed E-state index contributed by atoms with van der Waals surface area (Å²) in [4.78, 5) is 8.60. The van der Waals surface area contributed by atoms with Gasteiger partial charge in [0.2, 0.25) is 0 Å². The van der Waals surface area contributed by atoms with E-state index in [-0.39, 0.29) is 5.02 Å². The van der Waals surface area contributed by atoms with Gasteiger partial charge in [-0.2, -0.15) is 0 Å². The van der Waals surface area contributed by atoms with Gasteiger partial charge in [-0.05, 0) is 43.0 Å². The zero-order valence-corrected chi connectivity index (χ0v) is 15.5. The fraction of sp³-hybridized carbons (Fsp3) is 0.300. The third-order valence-corrected chi connectivity index (χ3v) is 5.19. The summed E-state index contributed by atoms with van der Waals surface area (Å²) in [6, 6.07) is 8.04. The lowest BCUT2D eigenvalue weighted by molar-refractivity contribution is 0.253. The number of ether oxygens (including phenoxy) is 1. The minimum absolute atomic E-state index is 0.0421. The van der Waals surface area contributed by atoms with Gasteiger partial charge in [0.05, 0.1) is 22.8 Å². The van der Waals surface area contributed by atoms with Crippen LogP contribution in [0.15, 0.2) is 36.7 Å². The van der Waals surface area contributed by atoms with Crippen LogP contribution in [0.4, 0.5) is 21.6 Å². The molecule has 5 nitrogen and oxygen atoms in total. The third-order valence-electron chi connectivity index (χ3n) is 4.90. The van der Waals surface area contributed by atoms with E-state index in [0.717, 1.165) is 10.9 Å². The highest BCUT2D eigenvalue weighted by molar-refractivity contribution is 6.31. The number of nitrogens with zero attached hydrogens (tertiary/aromatic N) is 2. The number of anilines is 3. The molecule has 1 aromatic heterocycles. The molecule has 1 saturated carbocycles. The highest BCUT2D eigenvalue weighted by atomic mass is 35.5. The zero-order chi connectivity index (χ0) is 18.8. The second-order valence-electron chi connectivity index (χ2n) is 6.84. The number of hydrogen-bond donors (Lipinski definition) is 2. The van der Waals surface area contributed by atoms with E-state index in [0.29, 0.717) is 35.5 Å². The average Bonchev–Trinajstić information content (AvgIpc) is 3.17. The number of benzene rings is 2. The largest absolute Gasteiger partial charge is 0.491 e. The molecule has 3 aromatic rings. The summed E-state index contributed by atoms with van der Waals surface area (Å²) in [6.45, 7) is 0.681. The van der Waals surface area contributed by atoms with Gasteiger partial charge < -0.3 is 15.8 Å². The molecule has 27 heavy (non-hydrogen) atoms. The van der Waals surface area contributed by atoms with Crippen molar-refractivity contribution in [1.29, 1.82) is 0 Å². The van der Waals surface area contributed by atoms with Crippen molar-refractivity contribution in [3.8, 4) is 5.75 Å². The lowest BCUT2D eigenvalue weighted by Crippen LogP contribution is -2.09. The molecule has 0 saturated heterocycles. The maximum absolute atomic E-state index is 13.4. The molecule has 1 aliphatic carbocycles. The molecule has 2 aromatic carbocycles. The number of rotatable bonds is 5. The summed E-state index contributed by atoms with van der Waals surface area (Å²) >= 11 is 5.85. The maximum Gasteiger partial charge on any atom is 0.144 e. The maximum atomic E-state index is 13.4. The van der Waals surface area contributed by atoms with Gasteiger partial charge in [-0.15, -0.1) is 0 Å². The van der Waals surface area contributed by atoms with Crippen LogP contribution in [0, 0.1) is 11.7 Å². The van der Waals surface area contributed by atoms with Crippen LogP contribution in [0.1, 0.15) is 25.7 Å². The van der Waals surface area contributed by atoms with Gasteiger partial charge in [0.15, 0.2) is 0 Å². The van der Waals surface area contributed by atoms with Crippen molar-refractivity contribution in [3.05, 3.63) is 47.5 Å². The minimum atomic E-state index is -0.469. The number of halogens is 2. The second kappa shape index (κ2) is 7.56. The number of nitrogens with two attached hydrogens (primary N) is 1. The minimum Gasteiger partial charge on any atom is -0.491 e. The van der Waals surface area contributed by atoms with Crippen LogP contribution in [0.5, 0.6) is 5.75 Å². The predicted molar refractivity (Wildman–Crippen MR) is 106 cm³/mol. The normalized spacial score (nSPS) is 14.6. The molecule has 7 heteroatoms. The number of aromatic nitrogens is 2. The fourth-order valence-corrected chi connectivity index (χ4v) is 3.60. The summed E-state index contributed by atoms with van der Waals surface area (Å²) < 4.78 is 19.3. The summed E-state index contributed by atoms with van der Waals surface area (Å²) in [5.41, 5.74) is 8.08. The Balaban J connectivity index is 1.60. The number of fused-ring (bicyclic) bond motifs is 1. The Morgan fingerprint density at radius 3 is 2.78 bits per heavy atom. The van der Waals surface area contributed by atoms with Gasteiger partial charge in [0.1, 0.15) is 23.7 Å². The van der Waals surface area contributed by atoms with Gasteiger partial charge in [-0.1, -0.05) is 24.4 Å². The van der Waals surface area contributed by atoms with Crippen molar-refractivity contribution < 1.29 is 9.13 Å². The van der Waals surface area contributed by atoms with Gasteiger partial charge in [0.25, 0.3) is 0 Å². The van der Waals surface area contributed by atoms with Gasteiger partial charge >= 0.3 is 0 Å². The predicted octanol–water partition coefficient (Wildman–Crippen LogP) is 5.32. The van der Waals surface area contributed by atoms with Crippen LogP contribution in [0.25, 0.3) is 10.9 Å². The highest BCUT2D eigenvalue weighted by Gasteiger charge is 2.17. The first-order chi connectivity index (χ1) is 13.1. The Labute approximate surface area is 161 Å². The second-order valence-corrected chi connectivity index (χ2v) is 7.25. The molecule has 0 atom stereocenters. The standard InChI is InChI=1S/C20H20ClFN4O/c21-15-7-13(5-6-16(15)22)26-20-14-8-17(23)19(9-18(14)24-11-25-20)27-10-12-3-1-2-4-12/h5-9,11-12H,1-4,10,23H2,(H,24,25,26). The van der Waals surface area contributed by atoms with E-state index in [2.05, 4.69) is 15.3 Å². The molecular formula is C20H20ClFN4O. The van der Waals surface area contributed by atoms with Crippen molar-refractivity contribution in [2.24, 2.45) is 5.92 Å². The molecular weight excluding hydrogens is 367 g/mol. The van der Waals surface area contributed by atoms with E-state index >= 15 is 0 Å². The molecule has 1 fully saturated rings. The summed E-state index contributed by atoms with van der Waals surface area (Å²) in [5, 5.41) is 3.94. The first kappa shape index (κ1) is 17.8. The summed E-state index contributed by atoms with van der Waals surface area (Å²) in [6.07, 6.45) is 6.44. The first-order valence-electron chi connectivity index (χ1n) is 8.99. The van der Waals surface area contributed by atoms with Crippen LogP contribution >= 0.6 is 11.6 Å². The van der Waals surface area contributed by atoms with E-state index in [1.165, 1.54) is 44.1 Å². The molecule has 4 rings (SSSR count). The fourth-order valence-electron chi connectivity index (χ4n) is 3.42. The van der Waals surface area contributed by atoms with E-state index in [1.54, 1.807) is 12.1 Å². The molecule has 140 valence electrons. The monoisotopic (exact) mass is 386 g/mol. The van der Waals surface area contributed by atoms with Crippen LogP contribution in [0.2, 0.25) is 5.02 Å². The number of hydrogen-bond acceptors (Lipinski definition) is 5. The molecule has 0 radical (unpaired) electrons. The molecule has 0 aliphatic heterocycles. The Bertz CT molecular complexity index is 976. The Hall–Kier alpha value is -2.60.